The normalized spacial score (nSPS) is 17.4. The van der Waals surface area contributed by atoms with E-state index in [2.05, 4.69) is 9.46 Å². The molecule has 7 nitrogen and oxygen atoms in total. The average Bonchev–Trinajstić information content (AvgIpc) is 3.11. The summed E-state index contributed by atoms with van der Waals surface area (Å²) in [4.78, 5) is 11.8. The highest BCUT2D eigenvalue weighted by Gasteiger charge is 2.35. The summed E-state index contributed by atoms with van der Waals surface area (Å²) < 4.78 is 38.3. The second-order valence-electron chi connectivity index (χ2n) is 5.92. The van der Waals surface area contributed by atoms with E-state index in [0.29, 0.717) is 0 Å². The molecule has 2 rings (SSSR count). The molecule has 1 aromatic rings. The zero-order valence-electron chi connectivity index (χ0n) is 13.7. The molecule has 23 heavy (non-hydrogen) atoms. The molecule has 1 aromatic heterocycles. The summed E-state index contributed by atoms with van der Waals surface area (Å²) in [5.41, 5.74) is 5.71. The molecule has 1 aliphatic rings. The first-order valence-corrected chi connectivity index (χ1v) is 9.20. The Bertz CT molecular complexity index is 674. The first kappa shape index (κ1) is 18.0. The van der Waals surface area contributed by atoms with E-state index >= 15 is 0 Å². The Morgan fingerprint density at radius 3 is 2.48 bits per heavy atom. The second-order valence-corrected chi connectivity index (χ2v) is 7.57. The van der Waals surface area contributed by atoms with Gasteiger partial charge in [-0.05, 0) is 32.6 Å². The van der Waals surface area contributed by atoms with E-state index < -0.39 is 16.0 Å². The molecule has 8 heteroatoms. The minimum absolute atomic E-state index is 0.0558. The number of hydrogen-bond donors (Lipinski definition) is 2. The molecule has 0 radical (unpaired) electrons. The Labute approximate surface area is 136 Å². The van der Waals surface area contributed by atoms with Crippen LogP contribution in [0.5, 0.6) is 0 Å². The summed E-state index contributed by atoms with van der Waals surface area (Å²) in [5.74, 6) is -0.118. The van der Waals surface area contributed by atoms with Gasteiger partial charge in [-0.2, -0.15) is 0 Å². The van der Waals surface area contributed by atoms with E-state index in [-0.39, 0.29) is 40.5 Å². The van der Waals surface area contributed by atoms with E-state index in [0.717, 1.165) is 25.7 Å². The van der Waals surface area contributed by atoms with Crippen LogP contribution in [0.3, 0.4) is 0 Å². The van der Waals surface area contributed by atoms with Crippen molar-refractivity contribution in [2.24, 2.45) is 11.7 Å². The van der Waals surface area contributed by atoms with Gasteiger partial charge in [0.1, 0.15) is 22.0 Å². The molecule has 1 aliphatic carbocycles. The lowest BCUT2D eigenvalue weighted by molar-refractivity contribution is 0.0595. The summed E-state index contributed by atoms with van der Waals surface area (Å²) in [6, 6.07) is -0.345. The van der Waals surface area contributed by atoms with Crippen molar-refractivity contribution >= 4 is 16.0 Å². The number of esters is 1. The van der Waals surface area contributed by atoms with Gasteiger partial charge in [-0.15, -0.1) is 0 Å². The first-order chi connectivity index (χ1) is 10.8. The fraction of sp³-hybridized carbons (Fsp3) is 0.667. The molecular weight excluding hydrogens is 320 g/mol. The molecule has 0 bridgehead atoms. The number of aryl methyl sites for hydroxylation is 2. The van der Waals surface area contributed by atoms with E-state index in [1.807, 2.05) is 0 Å². The minimum atomic E-state index is -3.93. The van der Waals surface area contributed by atoms with Crippen LogP contribution in [0.2, 0.25) is 0 Å². The Hall–Kier alpha value is -1.38. The van der Waals surface area contributed by atoms with Crippen molar-refractivity contribution < 1.29 is 22.4 Å². The van der Waals surface area contributed by atoms with Crippen LogP contribution in [0, 0.1) is 19.8 Å². The zero-order chi connectivity index (χ0) is 17.2. The third kappa shape index (κ3) is 3.59. The number of carbonyl (C=O) groups excluding carboxylic acids is 1. The standard InChI is InChI=1S/C15H24N2O5S/c1-9-13(15(18)21-3)14(10(2)22-9)23(19,20)17-12(8-16)11-6-4-5-7-11/h11-12,17H,4-8,16H2,1-3H3. The van der Waals surface area contributed by atoms with Crippen LogP contribution < -0.4 is 10.5 Å². The topological polar surface area (TPSA) is 112 Å². The molecule has 1 unspecified atom stereocenters. The molecule has 130 valence electrons. The minimum Gasteiger partial charge on any atom is -0.465 e. The number of rotatable bonds is 6. The van der Waals surface area contributed by atoms with Crippen LogP contribution in [0.1, 0.15) is 47.6 Å². The highest BCUT2D eigenvalue weighted by Crippen LogP contribution is 2.31. The molecule has 0 aromatic carbocycles. The monoisotopic (exact) mass is 344 g/mol. The van der Waals surface area contributed by atoms with Gasteiger partial charge in [0.05, 0.1) is 7.11 Å². The number of nitrogens with one attached hydrogen (secondary N) is 1. The summed E-state index contributed by atoms with van der Waals surface area (Å²) in [7, 11) is -2.73. The van der Waals surface area contributed by atoms with Crippen LogP contribution in [0.25, 0.3) is 0 Å². The third-order valence-electron chi connectivity index (χ3n) is 4.39. The molecule has 0 spiro atoms. The van der Waals surface area contributed by atoms with E-state index in [1.165, 1.54) is 21.0 Å². The van der Waals surface area contributed by atoms with Gasteiger partial charge in [0.2, 0.25) is 10.0 Å². The van der Waals surface area contributed by atoms with Gasteiger partial charge >= 0.3 is 5.97 Å². The predicted octanol–water partition coefficient (Wildman–Crippen LogP) is 1.48. The van der Waals surface area contributed by atoms with Gasteiger partial charge in [0.15, 0.2) is 0 Å². The zero-order valence-corrected chi connectivity index (χ0v) is 14.5. The molecule has 3 N–H and O–H groups in total. The molecule has 1 heterocycles. The molecule has 1 fully saturated rings. The fourth-order valence-corrected chi connectivity index (χ4v) is 5.00. The fourth-order valence-electron chi connectivity index (χ4n) is 3.28. The summed E-state index contributed by atoms with van der Waals surface area (Å²) in [5, 5.41) is 0. The lowest BCUT2D eigenvalue weighted by Gasteiger charge is -2.23. The van der Waals surface area contributed by atoms with Crippen molar-refractivity contribution in [3.8, 4) is 0 Å². The lowest BCUT2D eigenvalue weighted by atomic mass is 9.99. The van der Waals surface area contributed by atoms with Crippen LogP contribution in [-0.4, -0.2) is 34.1 Å². The Kier molecular flexibility index (Phi) is 5.49. The number of ether oxygens (including phenoxy) is 1. The third-order valence-corrected chi connectivity index (χ3v) is 6.03. The van der Waals surface area contributed by atoms with Crippen LogP contribution in [0.4, 0.5) is 0 Å². The van der Waals surface area contributed by atoms with Crippen molar-refractivity contribution in [1.29, 1.82) is 0 Å². The number of carbonyl (C=O) groups is 1. The van der Waals surface area contributed by atoms with Gasteiger partial charge in [0.25, 0.3) is 0 Å². The molecular formula is C15H24N2O5S. The maximum Gasteiger partial charge on any atom is 0.342 e. The molecule has 1 saturated carbocycles. The van der Waals surface area contributed by atoms with Crippen molar-refractivity contribution in [2.45, 2.75) is 50.5 Å². The number of sulfonamides is 1. The van der Waals surface area contributed by atoms with E-state index in [9.17, 15) is 13.2 Å². The maximum absolute atomic E-state index is 12.8. The molecule has 0 aliphatic heterocycles. The van der Waals surface area contributed by atoms with Crippen molar-refractivity contribution in [3.63, 3.8) is 0 Å². The highest BCUT2D eigenvalue weighted by molar-refractivity contribution is 7.89. The summed E-state index contributed by atoms with van der Waals surface area (Å²) in [6.45, 7) is 3.27. The number of methoxy groups -OCH3 is 1. The number of hydrogen-bond acceptors (Lipinski definition) is 6. The van der Waals surface area contributed by atoms with Gasteiger partial charge in [-0.25, -0.2) is 17.9 Å². The van der Waals surface area contributed by atoms with Crippen molar-refractivity contribution in [2.75, 3.05) is 13.7 Å². The van der Waals surface area contributed by atoms with E-state index in [1.54, 1.807) is 0 Å². The summed E-state index contributed by atoms with van der Waals surface area (Å²) in [6.07, 6.45) is 4.08. The second kappa shape index (κ2) is 7.02. The van der Waals surface area contributed by atoms with Crippen LogP contribution >= 0.6 is 0 Å². The Morgan fingerprint density at radius 1 is 1.35 bits per heavy atom. The summed E-state index contributed by atoms with van der Waals surface area (Å²) >= 11 is 0. The SMILES string of the molecule is COC(=O)c1c(C)oc(C)c1S(=O)(=O)NC(CN)C1CCCC1. The Morgan fingerprint density at radius 2 is 1.96 bits per heavy atom. The largest absolute Gasteiger partial charge is 0.465 e. The lowest BCUT2D eigenvalue weighted by Crippen LogP contribution is -2.44. The highest BCUT2D eigenvalue weighted by atomic mass is 32.2. The van der Waals surface area contributed by atoms with Gasteiger partial charge in [0, 0.05) is 12.6 Å². The van der Waals surface area contributed by atoms with Crippen molar-refractivity contribution in [1.82, 2.24) is 4.72 Å². The van der Waals surface area contributed by atoms with Crippen LogP contribution in [-0.2, 0) is 14.8 Å². The number of furan rings is 1. The molecule has 0 saturated heterocycles. The van der Waals surface area contributed by atoms with E-state index in [4.69, 9.17) is 10.2 Å². The smallest absolute Gasteiger partial charge is 0.342 e. The maximum atomic E-state index is 12.8. The Balaban J connectivity index is 2.37. The van der Waals surface area contributed by atoms with Crippen molar-refractivity contribution in [3.05, 3.63) is 17.1 Å². The predicted molar refractivity (Wildman–Crippen MR) is 84.6 cm³/mol. The van der Waals surface area contributed by atoms with Gasteiger partial charge in [-0.1, -0.05) is 12.8 Å². The van der Waals surface area contributed by atoms with Gasteiger partial charge in [-0.3, -0.25) is 0 Å². The molecule has 0 amide bonds. The average molecular weight is 344 g/mol. The number of nitrogens with two attached hydrogens (primary N) is 1. The quantitative estimate of drug-likeness (QED) is 0.756. The molecule has 1 atom stereocenters. The van der Waals surface area contributed by atoms with Crippen LogP contribution in [0.15, 0.2) is 9.31 Å². The van der Waals surface area contributed by atoms with Gasteiger partial charge < -0.3 is 14.9 Å². The first-order valence-electron chi connectivity index (χ1n) is 7.72.